The summed E-state index contributed by atoms with van der Waals surface area (Å²) < 4.78 is 7.28. The second kappa shape index (κ2) is 6.66. The number of rotatable bonds is 6. The fourth-order valence-corrected chi connectivity index (χ4v) is 2.04. The smallest absolute Gasteiger partial charge is 0.165 e. The Morgan fingerprint density at radius 1 is 1.41 bits per heavy atom. The van der Waals surface area contributed by atoms with Crippen molar-refractivity contribution < 1.29 is 4.74 Å². The lowest BCUT2D eigenvalue weighted by Gasteiger charge is -2.21. The number of nitrogens with zero attached hydrogens (tertiary/aromatic N) is 4. The summed E-state index contributed by atoms with van der Waals surface area (Å²) >= 11 is 0. The first-order valence-electron chi connectivity index (χ1n) is 6.43. The summed E-state index contributed by atoms with van der Waals surface area (Å²) in [5.74, 6) is 1.59. The summed E-state index contributed by atoms with van der Waals surface area (Å²) in [6, 6.07) is 0. The molecule has 0 aliphatic carbocycles. The molecule has 96 valence electrons. The van der Waals surface area contributed by atoms with Gasteiger partial charge in [-0.25, -0.2) is 4.68 Å². The molecule has 1 fully saturated rings. The van der Waals surface area contributed by atoms with Gasteiger partial charge in [-0.3, -0.25) is 0 Å². The Kier molecular flexibility index (Phi) is 4.88. The van der Waals surface area contributed by atoms with Gasteiger partial charge in [-0.15, -0.1) is 5.10 Å². The van der Waals surface area contributed by atoms with Crippen molar-refractivity contribution in [2.75, 3.05) is 19.8 Å². The Balaban J connectivity index is 1.84. The van der Waals surface area contributed by atoms with Crippen molar-refractivity contribution in [2.45, 2.75) is 39.3 Å². The van der Waals surface area contributed by atoms with Crippen LogP contribution in [0.2, 0.25) is 0 Å². The fourth-order valence-electron chi connectivity index (χ4n) is 2.04. The highest BCUT2D eigenvalue weighted by Crippen LogP contribution is 2.16. The number of ether oxygens (including phenoxy) is 1. The molecule has 0 aromatic carbocycles. The molecule has 2 heterocycles. The van der Waals surface area contributed by atoms with Gasteiger partial charge in [-0.2, -0.15) is 0 Å². The van der Waals surface area contributed by atoms with Crippen LogP contribution in [-0.2, 0) is 17.8 Å². The van der Waals surface area contributed by atoms with Crippen LogP contribution in [0.1, 0.15) is 32.0 Å². The summed E-state index contributed by atoms with van der Waals surface area (Å²) in [7, 11) is 0. The largest absolute Gasteiger partial charge is 0.381 e. The highest BCUT2D eigenvalue weighted by Gasteiger charge is 2.16. The monoisotopic (exact) mass is 239 g/mol. The summed E-state index contributed by atoms with van der Waals surface area (Å²) in [5, 5.41) is 15.2. The second-order valence-corrected chi connectivity index (χ2v) is 4.51. The van der Waals surface area contributed by atoms with Gasteiger partial charge in [-0.05, 0) is 42.2 Å². The maximum absolute atomic E-state index is 5.36. The summed E-state index contributed by atoms with van der Waals surface area (Å²) in [6.45, 7) is 6.57. The third-order valence-corrected chi connectivity index (χ3v) is 3.09. The quantitative estimate of drug-likeness (QED) is 0.736. The van der Waals surface area contributed by atoms with Crippen molar-refractivity contribution in [1.29, 1.82) is 0 Å². The second-order valence-electron chi connectivity index (χ2n) is 4.51. The normalized spacial score (nSPS) is 17.5. The molecule has 0 radical (unpaired) electrons. The molecule has 0 amide bonds. The summed E-state index contributed by atoms with van der Waals surface area (Å²) in [5.41, 5.74) is 0. The Labute approximate surface area is 102 Å². The van der Waals surface area contributed by atoms with Crippen molar-refractivity contribution >= 4 is 0 Å². The highest BCUT2D eigenvalue weighted by atomic mass is 16.5. The molecule has 1 aliphatic rings. The van der Waals surface area contributed by atoms with E-state index in [9.17, 15) is 0 Å². The molecule has 6 heteroatoms. The molecule has 0 saturated carbocycles. The van der Waals surface area contributed by atoms with Crippen LogP contribution in [0.5, 0.6) is 0 Å². The molecular weight excluding hydrogens is 218 g/mol. The van der Waals surface area contributed by atoms with Crippen LogP contribution in [0.15, 0.2) is 0 Å². The predicted octanol–water partition coefficient (Wildman–Crippen LogP) is 0.599. The van der Waals surface area contributed by atoms with E-state index in [0.29, 0.717) is 5.92 Å². The molecule has 0 spiro atoms. The van der Waals surface area contributed by atoms with Crippen molar-refractivity contribution in [1.82, 2.24) is 25.5 Å². The van der Waals surface area contributed by atoms with Gasteiger partial charge in [0.2, 0.25) is 0 Å². The van der Waals surface area contributed by atoms with E-state index in [2.05, 4.69) is 27.8 Å². The van der Waals surface area contributed by atoms with Gasteiger partial charge in [0.25, 0.3) is 0 Å². The fraction of sp³-hybridized carbons (Fsp3) is 0.909. The third-order valence-electron chi connectivity index (χ3n) is 3.09. The van der Waals surface area contributed by atoms with Gasteiger partial charge < -0.3 is 10.1 Å². The molecule has 1 N–H and O–H groups in total. The number of nitrogens with one attached hydrogen (secondary N) is 1. The molecule has 1 aromatic rings. The standard InChI is InChI=1S/C11H21N5O/c1-2-5-12-8-11-13-14-15-16(11)9-10-3-6-17-7-4-10/h10,12H,2-9H2,1H3. The highest BCUT2D eigenvalue weighted by molar-refractivity contribution is 4.81. The molecule has 6 nitrogen and oxygen atoms in total. The van der Waals surface area contributed by atoms with Crippen LogP contribution in [0, 0.1) is 5.92 Å². The molecule has 1 aliphatic heterocycles. The van der Waals surface area contributed by atoms with Gasteiger partial charge in [0.05, 0.1) is 6.54 Å². The lowest BCUT2D eigenvalue weighted by molar-refractivity contribution is 0.0596. The van der Waals surface area contributed by atoms with Crippen LogP contribution in [0.25, 0.3) is 0 Å². The molecule has 0 bridgehead atoms. The van der Waals surface area contributed by atoms with Gasteiger partial charge in [0.1, 0.15) is 0 Å². The first-order valence-corrected chi connectivity index (χ1v) is 6.43. The summed E-state index contributed by atoms with van der Waals surface area (Å²) in [6.07, 6.45) is 3.35. The Morgan fingerprint density at radius 2 is 2.24 bits per heavy atom. The van der Waals surface area contributed by atoms with Gasteiger partial charge in [0.15, 0.2) is 5.82 Å². The minimum Gasteiger partial charge on any atom is -0.381 e. The van der Waals surface area contributed by atoms with E-state index in [1.165, 1.54) is 0 Å². The van der Waals surface area contributed by atoms with E-state index in [-0.39, 0.29) is 0 Å². The Hall–Kier alpha value is -1.01. The molecule has 1 aromatic heterocycles. The molecule has 0 atom stereocenters. The number of aromatic nitrogens is 4. The van der Waals surface area contributed by atoms with E-state index in [1.54, 1.807) is 0 Å². The average Bonchev–Trinajstić information content (AvgIpc) is 2.79. The van der Waals surface area contributed by atoms with Crippen molar-refractivity contribution in [3.63, 3.8) is 0 Å². The van der Waals surface area contributed by atoms with Crippen LogP contribution in [0.4, 0.5) is 0 Å². The van der Waals surface area contributed by atoms with E-state index in [4.69, 9.17) is 4.74 Å². The number of hydrogen-bond acceptors (Lipinski definition) is 5. The van der Waals surface area contributed by atoms with E-state index >= 15 is 0 Å². The first kappa shape index (κ1) is 12.4. The summed E-state index contributed by atoms with van der Waals surface area (Å²) in [4.78, 5) is 0. The van der Waals surface area contributed by atoms with Gasteiger partial charge in [-0.1, -0.05) is 6.92 Å². The Bertz CT molecular complexity index is 321. The van der Waals surface area contributed by atoms with Crippen LogP contribution < -0.4 is 5.32 Å². The van der Waals surface area contributed by atoms with Crippen LogP contribution >= 0.6 is 0 Å². The van der Waals surface area contributed by atoms with Crippen molar-refractivity contribution in [2.24, 2.45) is 5.92 Å². The van der Waals surface area contributed by atoms with Gasteiger partial charge >= 0.3 is 0 Å². The van der Waals surface area contributed by atoms with Crippen molar-refractivity contribution in [3.05, 3.63) is 5.82 Å². The van der Waals surface area contributed by atoms with Crippen LogP contribution in [-0.4, -0.2) is 40.0 Å². The molecule has 0 unspecified atom stereocenters. The lowest BCUT2D eigenvalue weighted by atomic mass is 10.0. The maximum atomic E-state index is 5.36. The molecule has 17 heavy (non-hydrogen) atoms. The zero-order chi connectivity index (χ0) is 11.9. The molecule has 1 saturated heterocycles. The first-order chi connectivity index (χ1) is 8.40. The van der Waals surface area contributed by atoms with Crippen LogP contribution in [0.3, 0.4) is 0 Å². The molecular formula is C11H21N5O. The topological polar surface area (TPSA) is 64.9 Å². The van der Waals surface area contributed by atoms with E-state index in [0.717, 1.165) is 57.9 Å². The lowest BCUT2D eigenvalue weighted by Crippen LogP contribution is -2.24. The third kappa shape index (κ3) is 3.74. The molecule has 2 rings (SSSR count). The maximum Gasteiger partial charge on any atom is 0.165 e. The SMILES string of the molecule is CCCNCc1nnnn1CC1CCOCC1. The minimum atomic E-state index is 0.650. The van der Waals surface area contributed by atoms with E-state index < -0.39 is 0 Å². The van der Waals surface area contributed by atoms with E-state index in [1.807, 2.05) is 4.68 Å². The predicted molar refractivity (Wildman–Crippen MR) is 63.4 cm³/mol. The Morgan fingerprint density at radius 3 is 3.00 bits per heavy atom. The zero-order valence-electron chi connectivity index (χ0n) is 10.4. The zero-order valence-corrected chi connectivity index (χ0v) is 10.4. The average molecular weight is 239 g/mol. The minimum absolute atomic E-state index is 0.650. The van der Waals surface area contributed by atoms with Crippen molar-refractivity contribution in [3.8, 4) is 0 Å². The van der Waals surface area contributed by atoms with Gasteiger partial charge in [0, 0.05) is 19.8 Å². The number of tetrazole rings is 1. The number of hydrogen-bond donors (Lipinski definition) is 1.